The van der Waals surface area contributed by atoms with E-state index in [0.717, 1.165) is 12.0 Å². The van der Waals surface area contributed by atoms with E-state index in [1.807, 2.05) is 18.4 Å². The van der Waals surface area contributed by atoms with E-state index in [4.69, 9.17) is 9.47 Å². The summed E-state index contributed by atoms with van der Waals surface area (Å²) in [7, 11) is 1.51. The molecule has 1 aromatic heterocycles. The van der Waals surface area contributed by atoms with E-state index in [-0.39, 0.29) is 5.91 Å². The maximum Gasteiger partial charge on any atom is 0.329 e. The summed E-state index contributed by atoms with van der Waals surface area (Å²) in [5.74, 6) is -0.683. The molecule has 0 bridgehead atoms. The molecule has 2 amide bonds. The number of aryl methyl sites for hydroxylation is 1. The van der Waals surface area contributed by atoms with Gasteiger partial charge in [0.2, 0.25) is 0 Å². The molecule has 0 spiro atoms. The van der Waals surface area contributed by atoms with Gasteiger partial charge < -0.3 is 19.7 Å². The number of hydrogen-bond donors (Lipinski definition) is 1. The quantitative estimate of drug-likeness (QED) is 0.751. The molecule has 1 unspecified atom stereocenters. The lowest BCUT2D eigenvalue weighted by Gasteiger charge is -2.22. The number of amides is 2. The predicted molar refractivity (Wildman–Crippen MR) is 106 cm³/mol. The molecule has 3 rings (SSSR count). The van der Waals surface area contributed by atoms with E-state index in [0.29, 0.717) is 29.3 Å². The van der Waals surface area contributed by atoms with Gasteiger partial charge in [0.15, 0.2) is 6.61 Å². The summed E-state index contributed by atoms with van der Waals surface area (Å²) in [6.45, 7) is 1.98. The number of benzene rings is 1. The Morgan fingerprint density at radius 3 is 2.82 bits per heavy atom. The highest BCUT2D eigenvalue weighted by Gasteiger charge is 2.36. The Balaban J connectivity index is 1.57. The van der Waals surface area contributed by atoms with Crippen molar-refractivity contribution in [2.75, 3.05) is 25.6 Å². The van der Waals surface area contributed by atoms with Crippen LogP contribution in [-0.4, -0.2) is 49.0 Å². The van der Waals surface area contributed by atoms with Crippen molar-refractivity contribution >= 4 is 34.8 Å². The predicted octanol–water partition coefficient (Wildman–Crippen LogP) is 2.85. The zero-order chi connectivity index (χ0) is 20.1. The first-order chi connectivity index (χ1) is 13.5. The molecule has 0 radical (unpaired) electrons. The lowest BCUT2D eigenvalue weighted by atomic mass is 10.2. The third-order valence-corrected chi connectivity index (χ3v) is 5.35. The number of nitrogens with one attached hydrogen (secondary N) is 1. The largest absolute Gasteiger partial charge is 0.495 e. The average molecular weight is 402 g/mol. The van der Waals surface area contributed by atoms with Crippen LogP contribution in [0.25, 0.3) is 0 Å². The Labute approximate surface area is 167 Å². The van der Waals surface area contributed by atoms with Crippen LogP contribution in [0.1, 0.15) is 28.1 Å². The lowest BCUT2D eigenvalue weighted by Crippen LogP contribution is -2.41. The van der Waals surface area contributed by atoms with Gasteiger partial charge in [0.05, 0.1) is 17.7 Å². The fourth-order valence-electron chi connectivity index (χ4n) is 3.14. The third kappa shape index (κ3) is 4.51. The maximum absolute atomic E-state index is 12.5. The second-order valence-corrected chi connectivity index (χ2v) is 7.44. The normalized spacial score (nSPS) is 15.9. The number of anilines is 1. The van der Waals surface area contributed by atoms with Crippen molar-refractivity contribution in [2.24, 2.45) is 0 Å². The first-order valence-corrected chi connectivity index (χ1v) is 9.83. The molecule has 1 aliphatic heterocycles. The summed E-state index contributed by atoms with van der Waals surface area (Å²) in [5.41, 5.74) is 1.47. The van der Waals surface area contributed by atoms with Gasteiger partial charge in [0.25, 0.3) is 11.8 Å². The van der Waals surface area contributed by atoms with Crippen LogP contribution in [0.4, 0.5) is 5.69 Å². The molecule has 0 aliphatic carbocycles. The molecule has 0 saturated carbocycles. The Morgan fingerprint density at radius 1 is 1.29 bits per heavy atom. The number of esters is 1. The standard InChI is InChI=1S/C20H22N2O5S/c1-13-7-8-16(26-2)14(11-13)21-18(23)12-27-20(25)15-5-3-9-22(15)19(24)17-6-4-10-28-17/h4,6-8,10-11,15H,3,5,9,12H2,1-2H3,(H,21,23). The van der Waals surface area contributed by atoms with Gasteiger partial charge in [0, 0.05) is 6.54 Å². The molecule has 8 heteroatoms. The van der Waals surface area contributed by atoms with Gasteiger partial charge in [0.1, 0.15) is 11.8 Å². The second kappa shape index (κ2) is 8.88. The number of carbonyl (C=O) groups excluding carboxylic acids is 3. The van der Waals surface area contributed by atoms with Crippen molar-refractivity contribution in [3.8, 4) is 5.75 Å². The highest BCUT2D eigenvalue weighted by molar-refractivity contribution is 7.12. The third-order valence-electron chi connectivity index (χ3n) is 4.49. The number of methoxy groups -OCH3 is 1. The van der Waals surface area contributed by atoms with Crippen LogP contribution in [0.5, 0.6) is 5.75 Å². The van der Waals surface area contributed by atoms with Gasteiger partial charge in [-0.15, -0.1) is 11.3 Å². The van der Waals surface area contributed by atoms with Crippen molar-refractivity contribution in [2.45, 2.75) is 25.8 Å². The molecule has 1 atom stereocenters. The molecule has 1 N–H and O–H groups in total. The first kappa shape index (κ1) is 19.9. The molecule has 1 aromatic carbocycles. The van der Waals surface area contributed by atoms with Gasteiger partial charge in [-0.1, -0.05) is 12.1 Å². The van der Waals surface area contributed by atoms with E-state index in [2.05, 4.69) is 5.32 Å². The molecule has 1 saturated heterocycles. The summed E-state index contributed by atoms with van der Waals surface area (Å²) in [4.78, 5) is 39.3. The Morgan fingerprint density at radius 2 is 2.11 bits per heavy atom. The van der Waals surface area contributed by atoms with E-state index in [1.54, 1.807) is 24.3 Å². The van der Waals surface area contributed by atoms with Crippen LogP contribution >= 0.6 is 11.3 Å². The molecule has 2 heterocycles. The van der Waals surface area contributed by atoms with Crippen LogP contribution in [-0.2, 0) is 14.3 Å². The summed E-state index contributed by atoms with van der Waals surface area (Å²) in [6, 6.07) is 8.27. The van der Waals surface area contributed by atoms with E-state index in [9.17, 15) is 14.4 Å². The van der Waals surface area contributed by atoms with E-state index < -0.39 is 24.5 Å². The fourth-order valence-corrected chi connectivity index (χ4v) is 3.81. The smallest absolute Gasteiger partial charge is 0.329 e. The van der Waals surface area contributed by atoms with Crippen LogP contribution in [0.3, 0.4) is 0 Å². The summed E-state index contributed by atoms with van der Waals surface area (Å²) in [5, 5.41) is 4.50. The number of thiophene rings is 1. The van der Waals surface area contributed by atoms with Gasteiger partial charge in [-0.2, -0.15) is 0 Å². The van der Waals surface area contributed by atoms with Gasteiger partial charge in [-0.05, 0) is 48.9 Å². The van der Waals surface area contributed by atoms with Gasteiger partial charge in [-0.25, -0.2) is 4.79 Å². The van der Waals surface area contributed by atoms with Crippen LogP contribution in [0, 0.1) is 6.92 Å². The van der Waals surface area contributed by atoms with Crippen molar-refractivity contribution in [3.63, 3.8) is 0 Å². The molecule has 148 valence electrons. The summed E-state index contributed by atoms with van der Waals surface area (Å²) >= 11 is 1.34. The minimum Gasteiger partial charge on any atom is -0.495 e. The zero-order valence-electron chi connectivity index (χ0n) is 15.8. The van der Waals surface area contributed by atoms with Crippen molar-refractivity contribution in [3.05, 3.63) is 46.2 Å². The SMILES string of the molecule is COc1ccc(C)cc1NC(=O)COC(=O)C1CCCN1C(=O)c1cccs1. The number of carbonyl (C=O) groups is 3. The number of likely N-dealkylation sites (tertiary alicyclic amines) is 1. The van der Waals surface area contributed by atoms with Crippen LogP contribution in [0.15, 0.2) is 35.7 Å². The second-order valence-electron chi connectivity index (χ2n) is 6.49. The Bertz CT molecular complexity index is 865. The maximum atomic E-state index is 12.5. The minimum atomic E-state index is -0.657. The fraction of sp³-hybridized carbons (Fsp3) is 0.350. The van der Waals surface area contributed by atoms with Crippen molar-refractivity contribution in [1.29, 1.82) is 0 Å². The Kier molecular flexibility index (Phi) is 6.30. The lowest BCUT2D eigenvalue weighted by molar-refractivity contribution is -0.151. The monoisotopic (exact) mass is 402 g/mol. The Hall–Kier alpha value is -2.87. The number of nitrogens with zero attached hydrogens (tertiary/aromatic N) is 1. The van der Waals surface area contributed by atoms with Crippen molar-refractivity contribution in [1.82, 2.24) is 4.90 Å². The summed E-state index contributed by atoms with van der Waals surface area (Å²) < 4.78 is 10.4. The topological polar surface area (TPSA) is 84.9 Å². The summed E-state index contributed by atoms with van der Waals surface area (Å²) in [6.07, 6.45) is 1.26. The molecular weight excluding hydrogens is 380 g/mol. The number of hydrogen-bond acceptors (Lipinski definition) is 6. The molecule has 28 heavy (non-hydrogen) atoms. The van der Waals surface area contributed by atoms with E-state index in [1.165, 1.54) is 23.3 Å². The molecular formula is C20H22N2O5S. The van der Waals surface area contributed by atoms with Gasteiger partial charge in [-0.3, -0.25) is 9.59 Å². The minimum absolute atomic E-state index is 0.177. The number of ether oxygens (including phenoxy) is 2. The zero-order valence-corrected chi connectivity index (χ0v) is 16.6. The van der Waals surface area contributed by atoms with Gasteiger partial charge >= 0.3 is 5.97 Å². The molecule has 1 aliphatic rings. The number of rotatable bonds is 6. The first-order valence-electron chi connectivity index (χ1n) is 8.95. The van der Waals surface area contributed by atoms with E-state index >= 15 is 0 Å². The molecule has 1 fully saturated rings. The highest BCUT2D eigenvalue weighted by atomic mass is 32.1. The highest BCUT2D eigenvalue weighted by Crippen LogP contribution is 2.25. The average Bonchev–Trinajstić information content (AvgIpc) is 3.37. The van der Waals surface area contributed by atoms with Crippen LogP contribution in [0.2, 0.25) is 0 Å². The van der Waals surface area contributed by atoms with Crippen molar-refractivity contribution < 1.29 is 23.9 Å². The molecule has 7 nitrogen and oxygen atoms in total. The molecule has 2 aromatic rings. The van der Waals surface area contributed by atoms with Crippen LogP contribution < -0.4 is 10.1 Å².